The quantitative estimate of drug-likeness (QED) is 0.924. The molecule has 18 heavy (non-hydrogen) atoms. The Morgan fingerprint density at radius 3 is 2.17 bits per heavy atom. The summed E-state index contributed by atoms with van der Waals surface area (Å²) in [5.41, 5.74) is 5.84. The van der Waals surface area contributed by atoms with Gasteiger partial charge in [0.1, 0.15) is 0 Å². The topological polar surface area (TPSA) is 44.5 Å². The van der Waals surface area contributed by atoms with E-state index in [9.17, 15) is 13.2 Å². The monoisotopic (exact) mass is 285 g/mol. The Morgan fingerprint density at radius 1 is 1.17 bits per heavy atom. The van der Waals surface area contributed by atoms with Crippen LogP contribution in [0.4, 0.5) is 13.2 Å². The van der Waals surface area contributed by atoms with Crippen LogP contribution in [0.25, 0.3) is 0 Å². The number of hydrogen-bond acceptors (Lipinski definition) is 3. The Balaban J connectivity index is 0.00000289. The Bertz CT molecular complexity index is 385. The molecule has 0 aliphatic carbocycles. The van der Waals surface area contributed by atoms with Crippen molar-refractivity contribution in [1.82, 2.24) is 0 Å². The lowest BCUT2D eigenvalue weighted by molar-refractivity contribution is -0.138. The molecule has 104 valence electrons. The van der Waals surface area contributed by atoms with Crippen LogP contribution in [-0.4, -0.2) is 20.4 Å². The molecule has 0 spiro atoms. The zero-order valence-corrected chi connectivity index (χ0v) is 10.8. The lowest BCUT2D eigenvalue weighted by Gasteiger charge is -2.16. The van der Waals surface area contributed by atoms with Crippen LogP contribution < -0.4 is 15.2 Å². The van der Waals surface area contributed by atoms with Crippen molar-refractivity contribution < 1.29 is 22.6 Å². The van der Waals surface area contributed by atoms with Crippen LogP contribution in [0.3, 0.4) is 0 Å². The summed E-state index contributed by atoms with van der Waals surface area (Å²) in [7, 11) is 2.87. The summed E-state index contributed by atoms with van der Waals surface area (Å²) in [6.45, 7) is 0. The molecule has 0 amide bonds. The summed E-state index contributed by atoms with van der Waals surface area (Å²) >= 11 is 0. The Kier molecular flexibility index (Phi) is 6.28. The first kappa shape index (κ1) is 16.9. The number of nitrogens with two attached hydrogens (primary N) is 1. The highest BCUT2D eigenvalue weighted by Crippen LogP contribution is 2.33. The molecule has 1 aromatic rings. The third-order valence-corrected chi connectivity index (χ3v) is 2.29. The van der Waals surface area contributed by atoms with E-state index in [1.54, 1.807) is 0 Å². The number of benzene rings is 1. The molecule has 1 aromatic carbocycles. The Labute approximate surface area is 109 Å². The van der Waals surface area contributed by atoms with E-state index >= 15 is 0 Å². The zero-order chi connectivity index (χ0) is 13.1. The average Bonchev–Trinajstić information content (AvgIpc) is 2.25. The van der Waals surface area contributed by atoms with Gasteiger partial charge in [-0.1, -0.05) is 6.07 Å². The largest absolute Gasteiger partial charge is 0.493 e. The normalized spacial score (nSPS) is 12.6. The summed E-state index contributed by atoms with van der Waals surface area (Å²) in [6.07, 6.45) is -5.35. The second kappa shape index (κ2) is 6.70. The fourth-order valence-corrected chi connectivity index (χ4v) is 1.45. The van der Waals surface area contributed by atoms with Gasteiger partial charge in [-0.15, -0.1) is 12.4 Å². The number of hydrogen-bond donors (Lipinski definition) is 1. The zero-order valence-electron chi connectivity index (χ0n) is 9.95. The highest BCUT2D eigenvalue weighted by molar-refractivity contribution is 5.85. The molecule has 3 nitrogen and oxygen atoms in total. The van der Waals surface area contributed by atoms with Gasteiger partial charge in [-0.25, -0.2) is 0 Å². The molecule has 7 heteroatoms. The molecule has 0 saturated carbocycles. The minimum atomic E-state index is -4.29. The molecular weight excluding hydrogens is 271 g/mol. The van der Waals surface area contributed by atoms with Crippen molar-refractivity contribution in [3.05, 3.63) is 23.8 Å². The van der Waals surface area contributed by atoms with E-state index in [1.165, 1.54) is 32.4 Å². The molecule has 2 N–H and O–H groups in total. The molecule has 0 aliphatic rings. The van der Waals surface area contributed by atoms with Gasteiger partial charge in [0.25, 0.3) is 0 Å². The highest BCUT2D eigenvalue weighted by atomic mass is 35.5. The molecule has 0 unspecified atom stereocenters. The standard InChI is InChI=1S/C11H14F3NO2.ClH/c1-16-9-4-3-7(5-10(9)17-2)8(15)6-11(12,13)14;/h3-5,8H,6,15H2,1-2H3;1H/t8-;/m0./s1. The molecule has 0 fully saturated rings. The first-order valence-electron chi connectivity index (χ1n) is 4.91. The Hall–Kier alpha value is -1.14. The van der Waals surface area contributed by atoms with Gasteiger partial charge in [0, 0.05) is 6.04 Å². The first-order chi connectivity index (χ1) is 7.87. The van der Waals surface area contributed by atoms with Crippen molar-refractivity contribution in [3.8, 4) is 11.5 Å². The lowest BCUT2D eigenvalue weighted by atomic mass is 10.0. The SMILES string of the molecule is COc1ccc([C@@H](N)CC(F)(F)F)cc1OC.Cl. The van der Waals surface area contributed by atoms with Gasteiger partial charge in [0.2, 0.25) is 0 Å². The van der Waals surface area contributed by atoms with Gasteiger partial charge >= 0.3 is 6.18 Å². The minimum Gasteiger partial charge on any atom is -0.493 e. The van der Waals surface area contributed by atoms with Crippen LogP contribution in [0.15, 0.2) is 18.2 Å². The summed E-state index contributed by atoms with van der Waals surface area (Å²) in [6, 6.07) is 3.38. The van der Waals surface area contributed by atoms with Gasteiger partial charge in [0.15, 0.2) is 11.5 Å². The number of ether oxygens (including phenoxy) is 2. The molecule has 1 atom stereocenters. The van der Waals surface area contributed by atoms with Crippen molar-refractivity contribution in [2.75, 3.05) is 14.2 Å². The van der Waals surface area contributed by atoms with Crippen molar-refractivity contribution in [3.63, 3.8) is 0 Å². The van der Waals surface area contributed by atoms with E-state index in [2.05, 4.69) is 0 Å². The third-order valence-electron chi connectivity index (χ3n) is 2.29. The van der Waals surface area contributed by atoms with E-state index in [0.717, 1.165) is 0 Å². The first-order valence-corrected chi connectivity index (χ1v) is 4.91. The van der Waals surface area contributed by atoms with Gasteiger partial charge in [0.05, 0.1) is 20.6 Å². The number of halogens is 4. The van der Waals surface area contributed by atoms with E-state index in [4.69, 9.17) is 15.2 Å². The molecule has 0 aliphatic heterocycles. The molecule has 0 radical (unpaired) electrons. The van der Waals surface area contributed by atoms with E-state index < -0.39 is 18.6 Å². The van der Waals surface area contributed by atoms with Crippen LogP contribution in [-0.2, 0) is 0 Å². The second-order valence-corrected chi connectivity index (χ2v) is 3.54. The van der Waals surface area contributed by atoms with Crippen LogP contribution in [0.1, 0.15) is 18.0 Å². The lowest BCUT2D eigenvalue weighted by Crippen LogP contribution is -2.20. The van der Waals surface area contributed by atoms with Crippen LogP contribution in [0.5, 0.6) is 11.5 Å². The van der Waals surface area contributed by atoms with Crippen molar-refractivity contribution >= 4 is 12.4 Å². The van der Waals surface area contributed by atoms with Crippen molar-refractivity contribution in [2.45, 2.75) is 18.6 Å². The summed E-state index contributed by atoms with van der Waals surface area (Å²) in [5.74, 6) is 0.818. The second-order valence-electron chi connectivity index (χ2n) is 3.54. The number of methoxy groups -OCH3 is 2. The predicted molar refractivity (Wildman–Crippen MR) is 64.4 cm³/mol. The molecule has 0 heterocycles. The minimum absolute atomic E-state index is 0. The van der Waals surface area contributed by atoms with Crippen molar-refractivity contribution in [2.24, 2.45) is 5.73 Å². The molecule has 0 aromatic heterocycles. The summed E-state index contributed by atoms with van der Waals surface area (Å²) < 4.78 is 46.5. The molecule has 1 rings (SSSR count). The average molecular weight is 286 g/mol. The van der Waals surface area contributed by atoms with E-state index in [-0.39, 0.29) is 12.4 Å². The van der Waals surface area contributed by atoms with Gasteiger partial charge in [-0.2, -0.15) is 13.2 Å². The smallest absolute Gasteiger partial charge is 0.390 e. The van der Waals surface area contributed by atoms with Gasteiger partial charge < -0.3 is 15.2 Å². The Morgan fingerprint density at radius 2 is 1.72 bits per heavy atom. The molecule has 0 bridgehead atoms. The molecule has 0 saturated heterocycles. The predicted octanol–water partition coefficient (Wildman–Crippen LogP) is 3.08. The fourth-order valence-electron chi connectivity index (χ4n) is 1.45. The van der Waals surface area contributed by atoms with Crippen LogP contribution in [0, 0.1) is 0 Å². The van der Waals surface area contributed by atoms with Crippen LogP contribution in [0.2, 0.25) is 0 Å². The maximum absolute atomic E-state index is 12.2. The van der Waals surface area contributed by atoms with Gasteiger partial charge in [-0.3, -0.25) is 0 Å². The summed E-state index contributed by atoms with van der Waals surface area (Å²) in [4.78, 5) is 0. The highest BCUT2D eigenvalue weighted by Gasteiger charge is 2.31. The fraction of sp³-hybridized carbons (Fsp3) is 0.455. The maximum Gasteiger partial charge on any atom is 0.390 e. The number of rotatable bonds is 4. The third kappa shape index (κ3) is 4.62. The van der Waals surface area contributed by atoms with Crippen molar-refractivity contribution in [1.29, 1.82) is 0 Å². The summed E-state index contributed by atoms with van der Waals surface area (Å²) in [5, 5.41) is 0. The van der Waals surface area contributed by atoms with E-state index in [1.807, 2.05) is 0 Å². The van der Waals surface area contributed by atoms with Gasteiger partial charge in [-0.05, 0) is 17.7 Å². The maximum atomic E-state index is 12.2. The molecular formula is C11H15ClF3NO2. The number of alkyl halides is 3. The van der Waals surface area contributed by atoms with E-state index in [0.29, 0.717) is 17.1 Å². The van der Waals surface area contributed by atoms with Crippen LogP contribution >= 0.6 is 12.4 Å².